The fraction of sp³-hybridized carbons (Fsp3) is 0.273. The molecule has 0 amide bonds. The quantitative estimate of drug-likeness (QED) is 0.715. The number of hydrogen-bond donors (Lipinski definition) is 0. The molecule has 3 nitrogen and oxygen atoms in total. The van der Waals surface area contributed by atoms with Crippen molar-refractivity contribution in [2.75, 3.05) is 13.1 Å². The zero-order valence-electron chi connectivity index (χ0n) is 8.33. The van der Waals surface area contributed by atoms with E-state index < -0.39 is 10.0 Å². The third-order valence-corrected chi connectivity index (χ3v) is 4.28. The van der Waals surface area contributed by atoms with Gasteiger partial charge in [-0.2, -0.15) is 4.31 Å². The van der Waals surface area contributed by atoms with Gasteiger partial charge in [0.15, 0.2) is 0 Å². The molecule has 1 aliphatic rings. The van der Waals surface area contributed by atoms with Crippen molar-refractivity contribution in [1.29, 1.82) is 0 Å². The van der Waals surface area contributed by atoms with E-state index in [2.05, 4.69) is 0 Å². The molecule has 15 heavy (non-hydrogen) atoms. The molecule has 1 aromatic rings. The van der Waals surface area contributed by atoms with Gasteiger partial charge in [-0.3, -0.25) is 0 Å². The lowest BCUT2D eigenvalue weighted by atomic mass is 10.3. The van der Waals surface area contributed by atoms with Crippen molar-refractivity contribution >= 4 is 10.0 Å². The van der Waals surface area contributed by atoms with Gasteiger partial charge in [0.25, 0.3) is 0 Å². The van der Waals surface area contributed by atoms with Crippen molar-refractivity contribution in [1.82, 2.24) is 4.31 Å². The summed E-state index contributed by atoms with van der Waals surface area (Å²) in [5.74, 6) is 0. The summed E-state index contributed by atoms with van der Waals surface area (Å²) >= 11 is 0. The number of hydrogen-bond acceptors (Lipinski definition) is 2. The monoisotopic (exact) mass is 223 g/mol. The average molecular weight is 223 g/mol. The maximum Gasteiger partial charge on any atom is 0.243 e. The molecule has 0 spiro atoms. The number of benzene rings is 1. The Morgan fingerprint density at radius 1 is 1.07 bits per heavy atom. The van der Waals surface area contributed by atoms with Gasteiger partial charge in [0.05, 0.1) is 4.90 Å². The molecule has 0 N–H and O–H groups in total. The number of sulfonamides is 1. The second-order valence-corrected chi connectivity index (χ2v) is 5.37. The Morgan fingerprint density at radius 2 is 1.80 bits per heavy atom. The van der Waals surface area contributed by atoms with Crippen LogP contribution >= 0.6 is 0 Å². The Kier molecular flexibility index (Phi) is 2.88. The summed E-state index contributed by atoms with van der Waals surface area (Å²) in [7, 11) is -3.28. The van der Waals surface area contributed by atoms with Gasteiger partial charge >= 0.3 is 0 Å². The molecule has 0 unspecified atom stereocenters. The van der Waals surface area contributed by atoms with E-state index in [-0.39, 0.29) is 0 Å². The fourth-order valence-corrected chi connectivity index (χ4v) is 3.01. The smallest absolute Gasteiger partial charge is 0.207 e. The van der Waals surface area contributed by atoms with E-state index in [1.807, 2.05) is 18.2 Å². The Labute approximate surface area is 90.1 Å². The van der Waals surface area contributed by atoms with Crippen LogP contribution < -0.4 is 0 Å². The SMILES string of the molecule is O=S(=O)(c1ccccc1)N1CC=CCC1. The van der Waals surface area contributed by atoms with E-state index in [0.717, 1.165) is 6.42 Å². The van der Waals surface area contributed by atoms with Crippen LogP contribution in [0.5, 0.6) is 0 Å². The normalized spacial score (nSPS) is 17.9. The minimum Gasteiger partial charge on any atom is -0.207 e. The molecule has 1 aromatic carbocycles. The van der Waals surface area contributed by atoms with Crippen LogP contribution in [0.15, 0.2) is 47.4 Å². The molecule has 80 valence electrons. The molecule has 0 fully saturated rings. The van der Waals surface area contributed by atoms with E-state index in [0.29, 0.717) is 18.0 Å². The van der Waals surface area contributed by atoms with Gasteiger partial charge in [0, 0.05) is 13.1 Å². The molecule has 0 saturated heterocycles. The Balaban J connectivity index is 2.31. The summed E-state index contributed by atoms with van der Waals surface area (Å²) in [6.45, 7) is 1.06. The van der Waals surface area contributed by atoms with Gasteiger partial charge in [-0.15, -0.1) is 0 Å². The molecule has 1 heterocycles. The van der Waals surface area contributed by atoms with Gasteiger partial charge in [0.2, 0.25) is 10.0 Å². The number of rotatable bonds is 2. The van der Waals surface area contributed by atoms with Crippen LogP contribution in [0.25, 0.3) is 0 Å². The van der Waals surface area contributed by atoms with Gasteiger partial charge in [-0.05, 0) is 18.6 Å². The fourth-order valence-electron chi connectivity index (χ4n) is 1.58. The summed E-state index contributed by atoms with van der Waals surface area (Å²) in [5.41, 5.74) is 0. The molecule has 4 heteroatoms. The predicted molar refractivity (Wildman–Crippen MR) is 59.0 cm³/mol. The third-order valence-electron chi connectivity index (χ3n) is 2.40. The lowest BCUT2D eigenvalue weighted by molar-refractivity contribution is 0.437. The second kappa shape index (κ2) is 4.16. The highest BCUT2D eigenvalue weighted by atomic mass is 32.2. The van der Waals surface area contributed by atoms with Crippen molar-refractivity contribution < 1.29 is 8.42 Å². The van der Waals surface area contributed by atoms with Crippen LogP contribution in [0.4, 0.5) is 0 Å². The summed E-state index contributed by atoms with van der Waals surface area (Å²) in [4.78, 5) is 0.375. The molecule has 0 atom stereocenters. The Bertz CT molecular complexity index is 451. The van der Waals surface area contributed by atoms with Crippen LogP contribution in [0.2, 0.25) is 0 Å². The van der Waals surface area contributed by atoms with Gasteiger partial charge in [-0.25, -0.2) is 8.42 Å². The maximum atomic E-state index is 12.1. The zero-order valence-corrected chi connectivity index (χ0v) is 9.15. The van der Waals surface area contributed by atoms with Crippen molar-refractivity contribution in [3.8, 4) is 0 Å². The molecule has 0 aliphatic carbocycles. The summed E-state index contributed by atoms with van der Waals surface area (Å²) in [6.07, 6.45) is 4.70. The first-order chi connectivity index (χ1) is 7.21. The molecular weight excluding hydrogens is 210 g/mol. The second-order valence-electron chi connectivity index (χ2n) is 3.44. The molecule has 0 saturated carbocycles. The predicted octanol–water partition coefficient (Wildman–Crippen LogP) is 1.64. The minimum absolute atomic E-state index is 0.375. The van der Waals surface area contributed by atoms with Crippen molar-refractivity contribution in [2.24, 2.45) is 0 Å². The summed E-state index contributed by atoms with van der Waals surface area (Å²) in [5, 5.41) is 0. The molecular formula is C11H13NO2S. The van der Waals surface area contributed by atoms with Crippen LogP contribution in [0.1, 0.15) is 6.42 Å². The van der Waals surface area contributed by atoms with Crippen molar-refractivity contribution in [2.45, 2.75) is 11.3 Å². The Morgan fingerprint density at radius 3 is 2.40 bits per heavy atom. The molecule has 0 radical (unpaired) electrons. The van der Waals surface area contributed by atoms with Crippen molar-refractivity contribution in [3.05, 3.63) is 42.5 Å². The van der Waals surface area contributed by atoms with E-state index in [9.17, 15) is 8.42 Å². The molecule has 0 aromatic heterocycles. The van der Waals surface area contributed by atoms with E-state index >= 15 is 0 Å². The average Bonchev–Trinajstić information content (AvgIpc) is 2.31. The summed E-state index contributed by atoms with van der Waals surface area (Å²) < 4.78 is 25.7. The number of nitrogens with zero attached hydrogens (tertiary/aromatic N) is 1. The van der Waals surface area contributed by atoms with Crippen LogP contribution in [0, 0.1) is 0 Å². The van der Waals surface area contributed by atoms with Crippen LogP contribution in [-0.2, 0) is 10.0 Å². The standard InChI is InChI=1S/C11H13NO2S/c13-15(14,11-7-3-1-4-8-11)12-9-5-2-6-10-12/h1-5,7-8H,6,9-10H2. The Hall–Kier alpha value is -1.13. The first-order valence-electron chi connectivity index (χ1n) is 4.91. The van der Waals surface area contributed by atoms with Gasteiger partial charge in [0.1, 0.15) is 0 Å². The molecule has 0 bridgehead atoms. The van der Waals surface area contributed by atoms with Gasteiger partial charge in [-0.1, -0.05) is 30.4 Å². The zero-order chi connectivity index (χ0) is 10.7. The first-order valence-corrected chi connectivity index (χ1v) is 6.35. The van der Waals surface area contributed by atoms with E-state index in [4.69, 9.17) is 0 Å². The van der Waals surface area contributed by atoms with Crippen molar-refractivity contribution in [3.63, 3.8) is 0 Å². The van der Waals surface area contributed by atoms with E-state index in [1.165, 1.54) is 4.31 Å². The molecule has 1 aliphatic heterocycles. The highest BCUT2D eigenvalue weighted by molar-refractivity contribution is 7.89. The van der Waals surface area contributed by atoms with Gasteiger partial charge < -0.3 is 0 Å². The minimum atomic E-state index is -3.28. The largest absolute Gasteiger partial charge is 0.243 e. The first kappa shape index (κ1) is 10.4. The summed E-state index contributed by atoms with van der Waals surface area (Å²) in [6, 6.07) is 8.57. The topological polar surface area (TPSA) is 37.4 Å². The molecule has 2 rings (SSSR count). The highest BCUT2D eigenvalue weighted by Crippen LogP contribution is 2.17. The van der Waals surface area contributed by atoms with E-state index in [1.54, 1.807) is 24.3 Å². The van der Waals surface area contributed by atoms with Crippen LogP contribution in [0.3, 0.4) is 0 Å². The maximum absolute atomic E-state index is 12.1. The third kappa shape index (κ3) is 2.11. The van der Waals surface area contributed by atoms with Crippen LogP contribution in [-0.4, -0.2) is 25.8 Å². The lowest BCUT2D eigenvalue weighted by Crippen LogP contribution is -2.33. The lowest BCUT2D eigenvalue weighted by Gasteiger charge is -2.22. The highest BCUT2D eigenvalue weighted by Gasteiger charge is 2.23.